The van der Waals surface area contributed by atoms with Gasteiger partial charge in [-0.05, 0) is 35.4 Å². The number of fused-ring (bicyclic) bond motifs is 1. The summed E-state index contributed by atoms with van der Waals surface area (Å²) in [5, 5.41) is 13.5. The van der Waals surface area contributed by atoms with Gasteiger partial charge in [-0.3, -0.25) is 0 Å². The Balaban J connectivity index is 1.19. The van der Waals surface area contributed by atoms with Crippen molar-refractivity contribution in [2.45, 2.75) is 32.0 Å². The molecule has 2 fully saturated rings. The van der Waals surface area contributed by atoms with Gasteiger partial charge in [-0.15, -0.1) is 5.10 Å². The van der Waals surface area contributed by atoms with Crippen molar-refractivity contribution in [3.63, 3.8) is 0 Å². The highest BCUT2D eigenvalue weighted by molar-refractivity contribution is 7.22. The zero-order chi connectivity index (χ0) is 18.1. The fourth-order valence-electron chi connectivity index (χ4n) is 3.88. The number of ether oxygens (including phenoxy) is 1. The van der Waals surface area contributed by atoms with Crippen LogP contribution in [0.4, 0.5) is 5.13 Å². The maximum atomic E-state index is 5.72. The number of hydrogen-bond acceptors (Lipinski definition) is 7. The number of aromatic nitrogens is 5. The molecule has 1 atom stereocenters. The van der Waals surface area contributed by atoms with Gasteiger partial charge in [0.05, 0.1) is 49.0 Å². The van der Waals surface area contributed by atoms with E-state index in [4.69, 9.17) is 9.72 Å². The summed E-state index contributed by atoms with van der Waals surface area (Å²) in [6.07, 6.45) is 2.51. The average Bonchev–Trinajstić information content (AvgIpc) is 3.44. The largest absolute Gasteiger partial charge is 0.376 e. The molecule has 2 aromatic heterocycles. The van der Waals surface area contributed by atoms with Gasteiger partial charge in [-0.25, -0.2) is 9.67 Å². The van der Waals surface area contributed by atoms with Gasteiger partial charge >= 0.3 is 0 Å². The number of nitrogens with zero attached hydrogens (tertiary/aromatic N) is 6. The lowest BCUT2D eigenvalue weighted by Gasteiger charge is -2.31. The Morgan fingerprint density at radius 2 is 2.11 bits per heavy atom. The van der Waals surface area contributed by atoms with Crippen LogP contribution in [0.25, 0.3) is 10.2 Å². The van der Waals surface area contributed by atoms with Crippen LogP contribution < -0.4 is 9.80 Å². The summed E-state index contributed by atoms with van der Waals surface area (Å²) in [6.45, 7) is 6.68. The van der Waals surface area contributed by atoms with Crippen molar-refractivity contribution in [2.75, 3.05) is 37.7 Å². The van der Waals surface area contributed by atoms with Gasteiger partial charge in [0.1, 0.15) is 6.54 Å². The van der Waals surface area contributed by atoms with Crippen molar-refractivity contribution in [3.8, 4) is 0 Å². The highest BCUT2D eigenvalue weighted by Gasteiger charge is 2.25. The number of thiazole rings is 1. The number of rotatable bonds is 5. The zero-order valence-electron chi connectivity index (χ0n) is 15.3. The van der Waals surface area contributed by atoms with Crippen molar-refractivity contribution in [1.82, 2.24) is 25.2 Å². The van der Waals surface area contributed by atoms with Crippen LogP contribution in [0.3, 0.4) is 0 Å². The maximum Gasteiger partial charge on any atom is 0.206 e. The van der Waals surface area contributed by atoms with Crippen LogP contribution in [0.1, 0.15) is 18.7 Å². The number of tetrazole rings is 1. The van der Waals surface area contributed by atoms with Crippen LogP contribution >= 0.6 is 11.3 Å². The summed E-state index contributed by atoms with van der Waals surface area (Å²) in [7, 11) is 0. The Hall–Kier alpha value is -2.10. The summed E-state index contributed by atoms with van der Waals surface area (Å²) >= 11 is 1.79. The molecule has 2 aliphatic heterocycles. The van der Waals surface area contributed by atoms with Crippen LogP contribution in [-0.2, 0) is 17.8 Å². The molecular weight excluding hydrogens is 362 g/mol. The summed E-state index contributed by atoms with van der Waals surface area (Å²) in [4.78, 5) is 8.72. The summed E-state index contributed by atoms with van der Waals surface area (Å²) in [6, 6.07) is 8.36. The van der Waals surface area contributed by atoms with Crippen LogP contribution in [0.5, 0.6) is 0 Å². The predicted octanol–water partition coefficient (Wildman–Crippen LogP) is 0.367. The van der Waals surface area contributed by atoms with Gasteiger partial charge in [0.25, 0.3) is 0 Å². The normalized spacial score (nSPS) is 21.3. The monoisotopic (exact) mass is 386 g/mol. The van der Waals surface area contributed by atoms with Gasteiger partial charge in [0.15, 0.2) is 5.13 Å². The smallest absolute Gasteiger partial charge is 0.206 e. The lowest BCUT2D eigenvalue weighted by molar-refractivity contribution is -0.915. The molecule has 4 heterocycles. The molecule has 0 spiro atoms. The van der Waals surface area contributed by atoms with E-state index in [1.807, 2.05) is 4.68 Å². The minimum atomic E-state index is 0.262. The second-order valence-corrected chi connectivity index (χ2v) is 8.30. The van der Waals surface area contributed by atoms with E-state index in [-0.39, 0.29) is 6.10 Å². The van der Waals surface area contributed by atoms with Crippen LogP contribution in [0.2, 0.25) is 0 Å². The fraction of sp³-hybridized carbons (Fsp3) is 0.556. The second-order valence-electron chi connectivity index (χ2n) is 7.29. The molecule has 2 saturated heterocycles. The number of hydrogen-bond donors (Lipinski definition) is 1. The second kappa shape index (κ2) is 7.49. The van der Waals surface area contributed by atoms with E-state index in [1.54, 1.807) is 11.3 Å². The van der Waals surface area contributed by atoms with Gasteiger partial charge in [-0.1, -0.05) is 23.5 Å². The van der Waals surface area contributed by atoms with E-state index in [1.165, 1.54) is 9.60 Å². The van der Waals surface area contributed by atoms with Crippen molar-refractivity contribution in [3.05, 3.63) is 30.1 Å². The maximum absolute atomic E-state index is 5.72. The van der Waals surface area contributed by atoms with Gasteiger partial charge in [0, 0.05) is 6.61 Å². The third-order valence-electron chi connectivity index (χ3n) is 5.44. The van der Waals surface area contributed by atoms with Crippen molar-refractivity contribution >= 4 is 26.7 Å². The molecule has 0 saturated carbocycles. The molecule has 0 unspecified atom stereocenters. The SMILES string of the molecule is c1ccc2sc(N3CC[NH+](Cc4nnnn4C[C@H]4CCCO4)CC3)nc2c1. The third kappa shape index (κ3) is 3.67. The average molecular weight is 387 g/mol. The first-order valence-electron chi connectivity index (χ1n) is 9.66. The number of piperazine rings is 1. The molecular formula is C18H24N7OS+. The Morgan fingerprint density at radius 3 is 2.93 bits per heavy atom. The third-order valence-corrected chi connectivity index (χ3v) is 6.54. The number of benzene rings is 1. The lowest BCUT2D eigenvalue weighted by atomic mass is 10.2. The Kier molecular flexibility index (Phi) is 4.73. The molecule has 1 N–H and O–H groups in total. The predicted molar refractivity (Wildman–Crippen MR) is 103 cm³/mol. The first kappa shape index (κ1) is 17.0. The molecule has 8 nitrogen and oxygen atoms in total. The Bertz CT molecular complexity index is 863. The molecule has 0 bridgehead atoms. The van der Waals surface area contributed by atoms with Gasteiger partial charge in [-0.2, -0.15) is 0 Å². The molecule has 5 rings (SSSR count). The van der Waals surface area contributed by atoms with E-state index in [0.29, 0.717) is 0 Å². The van der Waals surface area contributed by atoms with E-state index in [2.05, 4.69) is 44.7 Å². The highest BCUT2D eigenvalue weighted by atomic mass is 32.1. The standard InChI is InChI=1S/C18H23N7OS/c1-2-6-16-15(5-1)19-18(27-16)24-9-7-23(8-10-24)13-17-20-21-22-25(17)12-14-4-3-11-26-14/h1-2,5-6,14H,3-4,7-13H2/p+1/t14-/m1/s1. The summed E-state index contributed by atoms with van der Waals surface area (Å²) in [5.74, 6) is 0.967. The topological polar surface area (TPSA) is 73.4 Å². The van der Waals surface area contributed by atoms with Crippen LogP contribution in [-0.4, -0.2) is 64.1 Å². The molecule has 0 amide bonds. The lowest BCUT2D eigenvalue weighted by Crippen LogP contribution is -3.13. The van der Waals surface area contributed by atoms with Gasteiger partial charge < -0.3 is 14.5 Å². The van der Waals surface area contributed by atoms with Crippen LogP contribution in [0, 0.1) is 0 Å². The molecule has 9 heteroatoms. The molecule has 1 aromatic carbocycles. The molecule has 142 valence electrons. The molecule has 3 aromatic rings. The summed E-state index contributed by atoms with van der Waals surface area (Å²) < 4.78 is 8.92. The number of quaternary nitrogens is 1. The highest BCUT2D eigenvalue weighted by Crippen LogP contribution is 2.28. The molecule has 2 aliphatic rings. The summed E-state index contributed by atoms with van der Waals surface area (Å²) in [5.41, 5.74) is 1.10. The van der Waals surface area contributed by atoms with Crippen molar-refractivity contribution in [1.29, 1.82) is 0 Å². The molecule has 0 radical (unpaired) electrons. The number of para-hydroxylation sites is 1. The van der Waals surface area contributed by atoms with E-state index in [0.717, 1.165) is 75.2 Å². The van der Waals surface area contributed by atoms with E-state index < -0.39 is 0 Å². The quantitative estimate of drug-likeness (QED) is 0.683. The Morgan fingerprint density at radius 1 is 1.22 bits per heavy atom. The minimum Gasteiger partial charge on any atom is -0.376 e. The minimum absolute atomic E-state index is 0.262. The van der Waals surface area contributed by atoms with Crippen LogP contribution in [0.15, 0.2) is 24.3 Å². The molecule has 27 heavy (non-hydrogen) atoms. The fourth-order valence-corrected chi connectivity index (χ4v) is 4.90. The van der Waals surface area contributed by atoms with Crippen molar-refractivity contribution in [2.24, 2.45) is 0 Å². The first-order chi connectivity index (χ1) is 13.3. The van der Waals surface area contributed by atoms with Gasteiger partial charge in [0.2, 0.25) is 5.82 Å². The van der Waals surface area contributed by atoms with Crippen molar-refractivity contribution < 1.29 is 9.64 Å². The number of nitrogens with one attached hydrogen (secondary N) is 1. The zero-order valence-corrected chi connectivity index (χ0v) is 16.1. The van der Waals surface area contributed by atoms with E-state index >= 15 is 0 Å². The molecule has 0 aliphatic carbocycles. The Labute approximate surface area is 161 Å². The first-order valence-corrected chi connectivity index (χ1v) is 10.5. The number of anilines is 1. The van der Waals surface area contributed by atoms with E-state index in [9.17, 15) is 0 Å².